The fourth-order valence-electron chi connectivity index (χ4n) is 2.09. The standard InChI is InChI=1S/C17H28N2O2/c1-5-13(3)19-17(20)11-12-18-14(4)15-9-7-8-10-16(15)21-6-2/h7-10,13-14,18H,5-6,11-12H2,1-4H3,(H,19,20). The van der Waals surface area contributed by atoms with E-state index in [0.29, 0.717) is 19.6 Å². The Morgan fingerprint density at radius 2 is 1.95 bits per heavy atom. The monoisotopic (exact) mass is 292 g/mol. The predicted molar refractivity (Wildman–Crippen MR) is 86.5 cm³/mol. The van der Waals surface area contributed by atoms with E-state index in [9.17, 15) is 4.79 Å². The van der Waals surface area contributed by atoms with Gasteiger partial charge in [-0.15, -0.1) is 0 Å². The third kappa shape index (κ3) is 6.17. The van der Waals surface area contributed by atoms with Crippen LogP contribution in [0.2, 0.25) is 0 Å². The van der Waals surface area contributed by atoms with Gasteiger partial charge >= 0.3 is 0 Å². The van der Waals surface area contributed by atoms with Gasteiger partial charge in [-0.3, -0.25) is 4.79 Å². The second-order valence-corrected chi connectivity index (χ2v) is 5.27. The summed E-state index contributed by atoms with van der Waals surface area (Å²) in [4.78, 5) is 11.7. The molecule has 1 aromatic carbocycles. The Balaban J connectivity index is 2.43. The lowest BCUT2D eigenvalue weighted by atomic mass is 10.1. The summed E-state index contributed by atoms with van der Waals surface area (Å²) in [6.07, 6.45) is 1.45. The summed E-state index contributed by atoms with van der Waals surface area (Å²) in [5.74, 6) is 1.01. The van der Waals surface area contributed by atoms with Crippen molar-refractivity contribution >= 4 is 5.91 Å². The van der Waals surface area contributed by atoms with E-state index in [0.717, 1.165) is 17.7 Å². The molecule has 1 aromatic rings. The van der Waals surface area contributed by atoms with Gasteiger partial charge in [0.15, 0.2) is 0 Å². The number of ether oxygens (including phenoxy) is 1. The van der Waals surface area contributed by atoms with E-state index in [-0.39, 0.29) is 18.0 Å². The van der Waals surface area contributed by atoms with Gasteiger partial charge in [-0.05, 0) is 33.3 Å². The average Bonchev–Trinajstić information content (AvgIpc) is 2.47. The summed E-state index contributed by atoms with van der Waals surface area (Å²) < 4.78 is 5.63. The molecule has 2 unspecified atom stereocenters. The predicted octanol–water partition coefficient (Wildman–Crippen LogP) is 3.04. The lowest BCUT2D eigenvalue weighted by Gasteiger charge is -2.18. The first-order chi connectivity index (χ1) is 10.1. The molecule has 0 aliphatic heterocycles. The number of nitrogens with one attached hydrogen (secondary N) is 2. The smallest absolute Gasteiger partial charge is 0.221 e. The van der Waals surface area contributed by atoms with Crippen molar-refractivity contribution < 1.29 is 9.53 Å². The van der Waals surface area contributed by atoms with Gasteiger partial charge in [0.05, 0.1) is 6.61 Å². The number of para-hydroxylation sites is 1. The summed E-state index contributed by atoms with van der Waals surface area (Å²) in [5.41, 5.74) is 1.13. The summed E-state index contributed by atoms with van der Waals surface area (Å²) >= 11 is 0. The molecule has 0 radical (unpaired) electrons. The van der Waals surface area contributed by atoms with Gasteiger partial charge in [0, 0.05) is 30.6 Å². The number of amides is 1. The van der Waals surface area contributed by atoms with Crippen LogP contribution in [0.3, 0.4) is 0 Å². The summed E-state index contributed by atoms with van der Waals surface area (Å²) in [6, 6.07) is 8.42. The normalized spacial score (nSPS) is 13.5. The van der Waals surface area contributed by atoms with E-state index in [1.807, 2.05) is 32.0 Å². The van der Waals surface area contributed by atoms with E-state index < -0.39 is 0 Å². The van der Waals surface area contributed by atoms with Gasteiger partial charge in [0.2, 0.25) is 5.91 Å². The molecular formula is C17H28N2O2. The van der Waals surface area contributed by atoms with E-state index in [2.05, 4.69) is 30.5 Å². The van der Waals surface area contributed by atoms with Crippen LogP contribution in [-0.4, -0.2) is 25.1 Å². The third-order valence-electron chi connectivity index (χ3n) is 3.51. The zero-order chi connectivity index (χ0) is 15.7. The first-order valence-corrected chi connectivity index (χ1v) is 7.82. The SMILES string of the molecule is CCOc1ccccc1C(C)NCCC(=O)NC(C)CC. The maximum absolute atomic E-state index is 11.7. The molecule has 0 fully saturated rings. The van der Waals surface area contributed by atoms with Crippen molar-refractivity contribution in [2.75, 3.05) is 13.2 Å². The highest BCUT2D eigenvalue weighted by molar-refractivity contribution is 5.76. The Labute approximate surface area is 128 Å². The molecule has 0 aliphatic rings. The minimum Gasteiger partial charge on any atom is -0.494 e. The average molecular weight is 292 g/mol. The van der Waals surface area contributed by atoms with Gasteiger partial charge in [-0.2, -0.15) is 0 Å². The number of hydrogen-bond acceptors (Lipinski definition) is 3. The zero-order valence-electron chi connectivity index (χ0n) is 13.6. The number of carbonyl (C=O) groups excluding carboxylic acids is 1. The van der Waals surface area contributed by atoms with Crippen LogP contribution in [-0.2, 0) is 4.79 Å². The molecule has 0 spiro atoms. The van der Waals surface area contributed by atoms with Crippen LogP contribution < -0.4 is 15.4 Å². The molecule has 2 atom stereocenters. The highest BCUT2D eigenvalue weighted by Gasteiger charge is 2.11. The van der Waals surface area contributed by atoms with Crippen molar-refractivity contribution in [2.45, 2.75) is 52.6 Å². The Morgan fingerprint density at radius 3 is 2.62 bits per heavy atom. The largest absolute Gasteiger partial charge is 0.494 e. The second-order valence-electron chi connectivity index (χ2n) is 5.27. The molecule has 4 heteroatoms. The number of carbonyl (C=O) groups is 1. The van der Waals surface area contributed by atoms with Crippen molar-refractivity contribution in [1.82, 2.24) is 10.6 Å². The Bertz CT molecular complexity index is 435. The number of hydrogen-bond donors (Lipinski definition) is 2. The maximum Gasteiger partial charge on any atom is 0.221 e. The minimum absolute atomic E-state index is 0.0992. The van der Waals surface area contributed by atoms with Gasteiger partial charge in [0.1, 0.15) is 5.75 Å². The zero-order valence-corrected chi connectivity index (χ0v) is 13.6. The molecule has 0 saturated heterocycles. The van der Waals surface area contributed by atoms with E-state index >= 15 is 0 Å². The maximum atomic E-state index is 11.7. The van der Waals surface area contributed by atoms with Crippen LogP contribution >= 0.6 is 0 Å². The van der Waals surface area contributed by atoms with Crippen molar-refractivity contribution in [3.63, 3.8) is 0 Å². The fourth-order valence-corrected chi connectivity index (χ4v) is 2.09. The van der Waals surface area contributed by atoms with E-state index in [1.54, 1.807) is 0 Å². The van der Waals surface area contributed by atoms with Crippen molar-refractivity contribution in [3.8, 4) is 5.75 Å². The van der Waals surface area contributed by atoms with Gasteiger partial charge < -0.3 is 15.4 Å². The topological polar surface area (TPSA) is 50.4 Å². The lowest BCUT2D eigenvalue weighted by molar-refractivity contribution is -0.121. The van der Waals surface area contributed by atoms with Gasteiger partial charge in [-0.1, -0.05) is 25.1 Å². The molecule has 0 bridgehead atoms. The number of rotatable bonds is 9. The van der Waals surface area contributed by atoms with Crippen LogP contribution in [0.1, 0.15) is 52.1 Å². The molecule has 2 N–H and O–H groups in total. The molecule has 1 rings (SSSR count). The summed E-state index contributed by atoms with van der Waals surface area (Å²) in [5, 5.41) is 6.35. The fraction of sp³-hybridized carbons (Fsp3) is 0.588. The molecule has 0 heterocycles. The molecule has 1 amide bonds. The molecular weight excluding hydrogens is 264 g/mol. The highest BCUT2D eigenvalue weighted by atomic mass is 16.5. The molecule has 4 nitrogen and oxygen atoms in total. The molecule has 0 saturated carbocycles. The van der Waals surface area contributed by atoms with Crippen molar-refractivity contribution in [1.29, 1.82) is 0 Å². The Kier molecular flexibility index (Phi) is 7.83. The van der Waals surface area contributed by atoms with Gasteiger partial charge in [0.25, 0.3) is 0 Å². The molecule has 21 heavy (non-hydrogen) atoms. The van der Waals surface area contributed by atoms with E-state index in [4.69, 9.17) is 4.74 Å². The van der Waals surface area contributed by atoms with Crippen LogP contribution in [0.15, 0.2) is 24.3 Å². The Morgan fingerprint density at radius 1 is 1.24 bits per heavy atom. The lowest BCUT2D eigenvalue weighted by Crippen LogP contribution is -2.34. The quantitative estimate of drug-likeness (QED) is 0.735. The van der Waals surface area contributed by atoms with Crippen molar-refractivity contribution in [3.05, 3.63) is 29.8 Å². The number of benzene rings is 1. The molecule has 0 aliphatic carbocycles. The first-order valence-electron chi connectivity index (χ1n) is 7.82. The van der Waals surface area contributed by atoms with E-state index in [1.165, 1.54) is 0 Å². The third-order valence-corrected chi connectivity index (χ3v) is 3.51. The first kappa shape index (κ1) is 17.5. The molecule has 118 valence electrons. The Hall–Kier alpha value is -1.55. The minimum atomic E-state index is 0.0992. The summed E-state index contributed by atoms with van der Waals surface area (Å²) in [7, 11) is 0. The second kappa shape index (κ2) is 9.40. The molecule has 0 aromatic heterocycles. The van der Waals surface area contributed by atoms with Crippen LogP contribution in [0.5, 0.6) is 5.75 Å². The van der Waals surface area contributed by atoms with Crippen LogP contribution in [0, 0.1) is 0 Å². The summed E-state index contributed by atoms with van der Waals surface area (Å²) in [6.45, 7) is 9.46. The van der Waals surface area contributed by atoms with Gasteiger partial charge in [-0.25, -0.2) is 0 Å². The van der Waals surface area contributed by atoms with Crippen molar-refractivity contribution in [2.24, 2.45) is 0 Å². The highest BCUT2D eigenvalue weighted by Crippen LogP contribution is 2.24. The van der Waals surface area contributed by atoms with Crippen LogP contribution in [0.4, 0.5) is 0 Å². The van der Waals surface area contributed by atoms with Crippen LogP contribution in [0.25, 0.3) is 0 Å².